The van der Waals surface area contributed by atoms with Crippen LogP contribution in [-0.4, -0.2) is 37.1 Å². The Bertz CT molecular complexity index is 898. The number of benzene rings is 1. The van der Waals surface area contributed by atoms with Crippen molar-refractivity contribution in [3.05, 3.63) is 63.6 Å². The predicted molar refractivity (Wildman–Crippen MR) is 110 cm³/mol. The normalized spacial score (nSPS) is 19.9. The highest BCUT2D eigenvalue weighted by molar-refractivity contribution is 5.97. The third kappa shape index (κ3) is 4.28. The first-order chi connectivity index (χ1) is 13.3. The highest BCUT2D eigenvalue weighted by Gasteiger charge is 2.28. The zero-order chi connectivity index (χ0) is 20.3. The van der Waals surface area contributed by atoms with Gasteiger partial charge in [0.1, 0.15) is 5.75 Å². The van der Waals surface area contributed by atoms with E-state index in [0.29, 0.717) is 24.3 Å². The van der Waals surface area contributed by atoms with Gasteiger partial charge < -0.3 is 20.4 Å². The van der Waals surface area contributed by atoms with E-state index < -0.39 is 0 Å². The number of piperidine rings is 1. The maximum absolute atomic E-state index is 13.0. The molecule has 2 aromatic rings. The van der Waals surface area contributed by atoms with Crippen molar-refractivity contribution in [1.82, 2.24) is 15.6 Å². The van der Waals surface area contributed by atoms with Gasteiger partial charge in [0, 0.05) is 42.4 Å². The van der Waals surface area contributed by atoms with Crippen molar-refractivity contribution in [2.24, 2.45) is 0 Å². The van der Waals surface area contributed by atoms with Crippen molar-refractivity contribution < 1.29 is 9.53 Å². The fraction of sp³-hybridized carbons (Fsp3) is 0.455. The van der Waals surface area contributed by atoms with Crippen molar-refractivity contribution >= 4 is 5.91 Å². The number of aromatic amines is 1. The Hall–Kier alpha value is -2.60. The molecule has 2 unspecified atom stereocenters. The Labute approximate surface area is 165 Å². The van der Waals surface area contributed by atoms with Crippen molar-refractivity contribution in [1.29, 1.82) is 0 Å². The average molecular weight is 383 g/mol. The molecule has 2 atom stereocenters. The van der Waals surface area contributed by atoms with Gasteiger partial charge in [-0.3, -0.25) is 9.59 Å². The van der Waals surface area contributed by atoms with Gasteiger partial charge in [0.25, 0.3) is 11.5 Å². The van der Waals surface area contributed by atoms with E-state index in [9.17, 15) is 9.59 Å². The number of para-hydroxylation sites is 1. The first-order valence-electron chi connectivity index (χ1n) is 9.68. The molecule has 28 heavy (non-hydrogen) atoms. The monoisotopic (exact) mass is 383 g/mol. The summed E-state index contributed by atoms with van der Waals surface area (Å²) in [6, 6.07) is 9.30. The van der Waals surface area contributed by atoms with E-state index in [1.807, 2.05) is 24.3 Å². The molecule has 0 spiro atoms. The number of carbonyl (C=O) groups excluding carboxylic acids is 1. The number of rotatable bonds is 4. The van der Waals surface area contributed by atoms with Crippen molar-refractivity contribution in [2.45, 2.75) is 44.6 Å². The molecule has 150 valence electrons. The van der Waals surface area contributed by atoms with E-state index in [4.69, 9.17) is 4.74 Å². The first-order valence-corrected chi connectivity index (χ1v) is 9.68. The van der Waals surface area contributed by atoms with E-state index >= 15 is 0 Å². The smallest absolute Gasteiger partial charge is 0.255 e. The summed E-state index contributed by atoms with van der Waals surface area (Å²) < 4.78 is 5.60. The molecule has 0 saturated carbocycles. The van der Waals surface area contributed by atoms with Gasteiger partial charge in [-0.1, -0.05) is 39.0 Å². The van der Waals surface area contributed by atoms with Gasteiger partial charge in [0.05, 0.1) is 12.7 Å². The minimum atomic E-state index is -0.155. The third-order valence-corrected chi connectivity index (χ3v) is 5.25. The number of methoxy groups -OCH3 is 1. The number of hydrogen-bond donors (Lipinski definition) is 3. The summed E-state index contributed by atoms with van der Waals surface area (Å²) in [4.78, 5) is 27.8. The minimum Gasteiger partial charge on any atom is -0.496 e. The quantitative estimate of drug-likeness (QED) is 0.758. The lowest BCUT2D eigenvalue weighted by atomic mass is 9.85. The summed E-state index contributed by atoms with van der Waals surface area (Å²) in [6.07, 6.45) is 2.35. The highest BCUT2D eigenvalue weighted by Crippen LogP contribution is 2.34. The molecular formula is C22H29N3O3. The fourth-order valence-electron chi connectivity index (χ4n) is 3.83. The van der Waals surface area contributed by atoms with E-state index in [-0.39, 0.29) is 28.8 Å². The van der Waals surface area contributed by atoms with Gasteiger partial charge in [-0.2, -0.15) is 0 Å². The van der Waals surface area contributed by atoms with Gasteiger partial charge >= 0.3 is 0 Å². The maximum Gasteiger partial charge on any atom is 0.255 e. The molecule has 1 saturated heterocycles. The van der Waals surface area contributed by atoms with Crippen LogP contribution in [0.15, 0.2) is 41.3 Å². The number of H-pyrrole nitrogens is 1. The second-order valence-electron chi connectivity index (χ2n) is 8.35. The van der Waals surface area contributed by atoms with E-state index in [1.165, 1.54) is 0 Å². The zero-order valence-electron chi connectivity index (χ0n) is 17.0. The molecule has 6 nitrogen and oxygen atoms in total. The molecular weight excluding hydrogens is 354 g/mol. The summed E-state index contributed by atoms with van der Waals surface area (Å²) in [5.41, 5.74) is 2.09. The van der Waals surface area contributed by atoms with Crippen LogP contribution in [0.25, 0.3) is 0 Å². The number of hydrogen-bond acceptors (Lipinski definition) is 4. The molecule has 3 rings (SSSR count). The summed E-state index contributed by atoms with van der Waals surface area (Å²) in [5, 5.41) is 6.45. The van der Waals surface area contributed by atoms with Crippen LogP contribution in [0.5, 0.6) is 5.75 Å². The number of ether oxygens (including phenoxy) is 1. The zero-order valence-corrected chi connectivity index (χ0v) is 17.0. The standard InChI is InChI=1S/C22H29N3O3/c1-22(2,3)18-9-5-7-17(19(18)28-4)21(27)25-15-11-14(12-23-13-15)16-8-6-10-24-20(16)26/h5-10,14-15,23H,11-13H2,1-4H3,(H,24,26)(H,25,27). The molecule has 6 heteroatoms. The lowest BCUT2D eigenvalue weighted by molar-refractivity contribution is 0.0925. The van der Waals surface area contributed by atoms with E-state index in [2.05, 4.69) is 36.4 Å². The Morgan fingerprint density at radius 3 is 2.64 bits per heavy atom. The van der Waals surface area contributed by atoms with Gasteiger partial charge in [0.15, 0.2) is 0 Å². The van der Waals surface area contributed by atoms with Crippen molar-refractivity contribution in [3.63, 3.8) is 0 Å². The SMILES string of the molecule is COc1c(C(=O)NC2CNCC(c3ccc[nH]c3=O)C2)cccc1C(C)(C)C. The van der Waals surface area contributed by atoms with Crippen LogP contribution >= 0.6 is 0 Å². The first kappa shape index (κ1) is 20.1. The van der Waals surface area contributed by atoms with E-state index in [0.717, 1.165) is 17.7 Å². The lowest BCUT2D eigenvalue weighted by Gasteiger charge is -2.31. The van der Waals surface area contributed by atoms with Crippen LogP contribution in [-0.2, 0) is 5.41 Å². The molecule has 0 aliphatic carbocycles. The van der Waals surface area contributed by atoms with Gasteiger partial charge in [0.2, 0.25) is 0 Å². The van der Waals surface area contributed by atoms with Crippen LogP contribution in [0.3, 0.4) is 0 Å². The van der Waals surface area contributed by atoms with Crippen LogP contribution in [0.4, 0.5) is 0 Å². The molecule has 2 heterocycles. The third-order valence-electron chi connectivity index (χ3n) is 5.25. The molecule has 1 aliphatic heterocycles. The van der Waals surface area contributed by atoms with Crippen LogP contribution < -0.4 is 20.9 Å². The van der Waals surface area contributed by atoms with Gasteiger partial charge in [-0.25, -0.2) is 0 Å². The lowest BCUT2D eigenvalue weighted by Crippen LogP contribution is -2.48. The number of carbonyl (C=O) groups is 1. The van der Waals surface area contributed by atoms with Crippen molar-refractivity contribution in [3.8, 4) is 5.75 Å². The summed E-state index contributed by atoms with van der Waals surface area (Å²) in [6.45, 7) is 7.69. The number of nitrogens with one attached hydrogen (secondary N) is 3. The second-order valence-corrected chi connectivity index (χ2v) is 8.35. The molecule has 1 amide bonds. The number of amides is 1. The summed E-state index contributed by atoms with van der Waals surface area (Å²) in [5.74, 6) is 0.525. The Morgan fingerprint density at radius 2 is 1.96 bits per heavy atom. The van der Waals surface area contributed by atoms with Gasteiger partial charge in [-0.05, 0) is 24.0 Å². The second kappa shape index (κ2) is 8.19. The predicted octanol–water partition coefficient (Wildman–Crippen LogP) is 2.56. The van der Waals surface area contributed by atoms with Crippen molar-refractivity contribution in [2.75, 3.05) is 20.2 Å². The summed E-state index contributed by atoms with van der Waals surface area (Å²) >= 11 is 0. The Morgan fingerprint density at radius 1 is 1.18 bits per heavy atom. The molecule has 1 aliphatic rings. The van der Waals surface area contributed by atoms with Crippen LogP contribution in [0.1, 0.15) is 54.6 Å². The molecule has 1 aromatic carbocycles. The minimum absolute atomic E-state index is 0.0612. The topological polar surface area (TPSA) is 83.2 Å². The Balaban J connectivity index is 1.78. The highest BCUT2D eigenvalue weighted by atomic mass is 16.5. The number of pyridine rings is 1. The molecule has 0 bridgehead atoms. The molecule has 3 N–H and O–H groups in total. The maximum atomic E-state index is 13.0. The largest absolute Gasteiger partial charge is 0.496 e. The molecule has 0 radical (unpaired) electrons. The molecule has 1 aromatic heterocycles. The summed E-state index contributed by atoms with van der Waals surface area (Å²) in [7, 11) is 1.60. The number of aromatic nitrogens is 1. The average Bonchev–Trinajstić information content (AvgIpc) is 2.67. The fourth-order valence-corrected chi connectivity index (χ4v) is 3.83. The van der Waals surface area contributed by atoms with Crippen LogP contribution in [0.2, 0.25) is 0 Å². The van der Waals surface area contributed by atoms with Crippen LogP contribution in [0, 0.1) is 0 Å². The van der Waals surface area contributed by atoms with Gasteiger partial charge in [-0.15, -0.1) is 0 Å². The Kier molecular flexibility index (Phi) is 5.89. The van der Waals surface area contributed by atoms with E-state index in [1.54, 1.807) is 19.4 Å². The molecule has 1 fully saturated rings.